The molecule has 1 aliphatic heterocycles. The molecule has 0 radical (unpaired) electrons. The summed E-state index contributed by atoms with van der Waals surface area (Å²) in [6.07, 6.45) is 5.22. The van der Waals surface area contributed by atoms with Crippen molar-refractivity contribution >= 4 is 58.3 Å². The normalized spacial score (nSPS) is 17.9. The van der Waals surface area contributed by atoms with E-state index in [0.29, 0.717) is 15.9 Å². The first-order chi connectivity index (χ1) is 14.0. The highest BCUT2D eigenvalue weighted by Gasteiger charge is 2.32. The van der Waals surface area contributed by atoms with Crippen molar-refractivity contribution in [2.24, 2.45) is 10.2 Å². The van der Waals surface area contributed by atoms with Crippen molar-refractivity contribution in [1.29, 1.82) is 0 Å². The van der Waals surface area contributed by atoms with Crippen LogP contribution in [0.5, 0.6) is 0 Å². The van der Waals surface area contributed by atoms with Crippen molar-refractivity contribution in [3.8, 4) is 0 Å². The van der Waals surface area contributed by atoms with Crippen LogP contribution in [0.3, 0.4) is 0 Å². The number of thioether (sulfide) groups is 1. The third kappa shape index (κ3) is 6.30. The third-order valence-corrected chi connectivity index (χ3v) is 5.47. The van der Waals surface area contributed by atoms with Gasteiger partial charge in [0.25, 0.3) is 0 Å². The molecule has 29 heavy (non-hydrogen) atoms. The van der Waals surface area contributed by atoms with Gasteiger partial charge in [-0.25, -0.2) is 0 Å². The van der Waals surface area contributed by atoms with Crippen molar-refractivity contribution in [2.75, 3.05) is 5.32 Å². The summed E-state index contributed by atoms with van der Waals surface area (Å²) in [6.45, 7) is 1.88. The van der Waals surface area contributed by atoms with E-state index >= 15 is 0 Å². The summed E-state index contributed by atoms with van der Waals surface area (Å²) < 4.78 is 0. The van der Waals surface area contributed by atoms with E-state index in [0.717, 1.165) is 11.1 Å². The zero-order valence-electron chi connectivity index (χ0n) is 15.6. The number of hydrogen-bond acceptors (Lipinski definition) is 5. The van der Waals surface area contributed by atoms with Crippen LogP contribution in [0.1, 0.15) is 17.5 Å². The van der Waals surface area contributed by atoms with Crippen LogP contribution >= 0.6 is 23.4 Å². The lowest BCUT2D eigenvalue weighted by Gasteiger charge is -2.08. The predicted molar refractivity (Wildman–Crippen MR) is 120 cm³/mol. The molecule has 1 saturated heterocycles. The van der Waals surface area contributed by atoms with Crippen molar-refractivity contribution < 1.29 is 9.59 Å². The molecule has 0 aliphatic carbocycles. The molecule has 1 aliphatic rings. The monoisotopic (exact) mass is 426 g/mol. The summed E-state index contributed by atoms with van der Waals surface area (Å²) in [5.41, 5.74) is 2.57. The first-order valence-electron chi connectivity index (χ1n) is 8.87. The van der Waals surface area contributed by atoms with Crippen LogP contribution < -0.4 is 10.6 Å². The first kappa shape index (κ1) is 20.8. The molecule has 0 spiro atoms. The largest absolute Gasteiger partial charge is 0.326 e. The Balaban J connectivity index is 1.50. The number of carbonyl (C=O) groups excluding carboxylic acids is 2. The molecule has 148 valence electrons. The van der Waals surface area contributed by atoms with Gasteiger partial charge in [-0.3, -0.25) is 9.59 Å². The quantitative estimate of drug-likeness (QED) is 0.534. The standard InChI is InChI=1S/C21H19ClN4O2S/c1-14-9-10-16(12-17(14)22)24-19(27)13-18-20(28)25-21(29-18)26-23-11-5-8-15-6-3-2-4-7-15/h2-12,18H,13H2,1H3,(H,24,27)(H,25,26,28)/b8-5+,23-11-/t18-/m1/s1. The van der Waals surface area contributed by atoms with Gasteiger partial charge in [-0.1, -0.05) is 65.8 Å². The Morgan fingerprint density at radius 1 is 1.28 bits per heavy atom. The molecular formula is C21H19ClN4O2S. The minimum Gasteiger partial charge on any atom is -0.326 e. The number of halogens is 1. The topological polar surface area (TPSA) is 82.9 Å². The van der Waals surface area contributed by atoms with Crippen LogP contribution in [-0.4, -0.2) is 28.4 Å². The molecule has 1 fully saturated rings. The van der Waals surface area contributed by atoms with Crippen molar-refractivity contribution in [2.45, 2.75) is 18.6 Å². The summed E-state index contributed by atoms with van der Waals surface area (Å²) in [4.78, 5) is 24.3. The second-order valence-electron chi connectivity index (χ2n) is 6.25. The van der Waals surface area contributed by atoms with E-state index in [4.69, 9.17) is 11.6 Å². The number of hydrogen-bond donors (Lipinski definition) is 2. The number of allylic oxidation sites excluding steroid dienone is 1. The van der Waals surface area contributed by atoms with Gasteiger partial charge in [0, 0.05) is 23.3 Å². The third-order valence-electron chi connectivity index (χ3n) is 3.99. The zero-order chi connectivity index (χ0) is 20.6. The number of amidine groups is 1. The second-order valence-corrected chi connectivity index (χ2v) is 7.85. The molecule has 2 N–H and O–H groups in total. The summed E-state index contributed by atoms with van der Waals surface area (Å²) in [5.74, 6) is -0.533. The molecule has 1 atom stereocenters. The molecule has 0 unspecified atom stereocenters. The van der Waals surface area contributed by atoms with Crippen LogP contribution in [0.15, 0.2) is 64.8 Å². The Hall–Kier alpha value is -2.90. The van der Waals surface area contributed by atoms with Gasteiger partial charge in [-0.2, -0.15) is 5.10 Å². The Morgan fingerprint density at radius 2 is 2.07 bits per heavy atom. The fraction of sp³-hybridized carbons (Fsp3) is 0.143. The summed E-state index contributed by atoms with van der Waals surface area (Å²) in [5, 5.41) is 13.7. The van der Waals surface area contributed by atoms with Crippen LogP contribution in [0, 0.1) is 6.92 Å². The average molecular weight is 427 g/mol. The molecule has 3 rings (SSSR count). The Bertz CT molecular complexity index is 989. The Kier molecular flexibility index (Phi) is 7.21. The van der Waals surface area contributed by atoms with Gasteiger partial charge in [-0.05, 0) is 36.3 Å². The van der Waals surface area contributed by atoms with Crippen LogP contribution in [0.4, 0.5) is 5.69 Å². The highest BCUT2D eigenvalue weighted by molar-refractivity contribution is 8.15. The smallest absolute Gasteiger partial charge is 0.240 e. The number of carbonyl (C=O) groups is 2. The van der Waals surface area contributed by atoms with Gasteiger partial charge in [0.2, 0.25) is 11.8 Å². The van der Waals surface area contributed by atoms with Gasteiger partial charge in [0.1, 0.15) is 5.25 Å². The number of nitrogens with one attached hydrogen (secondary N) is 2. The number of rotatable bonds is 6. The lowest BCUT2D eigenvalue weighted by atomic mass is 10.2. The SMILES string of the molecule is Cc1ccc(NC(=O)C[C@H]2S/C(=N/N=C\C=C\c3ccccc3)NC2=O)cc1Cl. The van der Waals surface area contributed by atoms with E-state index < -0.39 is 5.25 Å². The molecule has 2 amide bonds. The molecule has 1 heterocycles. The molecule has 8 heteroatoms. The number of anilines is 1. The Labute approximate surface area is 178 Å². The number of amides is 2. The average Bonchev–Trinajstić information content (AvgIpc) is 3.04. The van der Waals surface area contributed by atoms with Crippen LogP contribution in [0.25, 0.3) is 6.08 Å². The highest BCUT2D eigenvalue weighted by Crippen LogP contribution is 2.24. The van der Waals surface area contributed by atoms with Gasteiger partial charge in [0.05, 0.1) is 0 Å². The van der Waals surface area contributed by atoms with Crippen LogP contribution in [0.2, 0.25) is 5.02 Å². The Morgan fingerprint density at radius 3 is 2.83 bits per heavy atom. The molecule has 0 bridgehead atoms. The van der Waals surface area contributed by atoms with E-state index in [2.05, 4.69) is 20.8 Å². The number of aryl methyl sites for hydroxylation is 1. The molecule has 6 nitrogen and oxygen atoms in total. The van der Waals surface area contributed by atoms with Gasteiger partial charge in [-0.15, -0.1) is 5.10 Å². The second kappa shape index (κ2) is 10.0. The summed E-state index contributed by atoms with van der Waals surface area (Å²) >= 11 is 7.24. The molecular weight excluding hydrogens is 408 g/mol. The van der Waals surface area contributed by atoms with E-state index in [1.807, 2.05) is 49.4 Å². The lowest BCUT2D eigenvalue weighted by Crippen LogP contribution is -2.28. The summed E-state index contributed by atoms with van der Waals surface area (Å²) in [6, 6.07) is 15.1. The van der Waals surface area contributed by atoms with Crippen molar-refractivity contribution in [3.05, 3.63) is 70.8 Å². The minimum absolute atomic E-state index is 0.0264. The maximum absolute atomic E-state index is 12.2. The number of benzene rings is 2. The first-order valence-corrected chi connectivity index (χ1v) is 10.1. The molecule has 0 aromatic heterocycles. The van der Waals surface area contributed by atoms with E-state index in [-0.39, 0.29) is 18.2 Å². The summed E-state index contributed by atoms with van der Waals surface area (Å²) in [7, 11) is 0. The zero-order valence-corrected chi connectivity index (χ0v) is 17.2. The van der Waals surface area contributed by atoms with E-state index in [9.17, 15) is 9.59 Å². The maximum atomic E-state index is 12.2. The van der Waals surface area contributed by atoms with Gasteiger partial charge >= 0.3 is 0 Å². The molecule has 2 aromatic carbocycles. The lowest BCUT2D eigenvalue weighted by molar-refractivity contribution is -0.122. The van der Waals surface area contributed by atoms with Crippen LogP contribution in [-0.2, 0) is 9.59 Å². The van der Waals surface area contributed by atoms with Gasteiger partial charge < -0.3 is 10.6 Å². The molecule has 0 saturated carbocycles. The fourth-order valence-corrected chi connectivity index (χ4v) is 3.58. The highest BCUT2D eigenvalue weighted by atomic mass is 35.5. The predicted octanol–water partition coefficient (Wildman–Crippen LogP) is 4.26. The van der Waals surface area contributed by atoms with Crippen molar-refractivity contribution in [3.63, 3.8) is 0 Å². The van der Waals surface area contributed by atoms with E-state index in [1.54, 1.807) is 18.2 Å². The maximum Gasteiger partial charge on any atom is 0.240 e. The van der Waals surface area contributed by atoms with Crippen molar-refractivity contribution in [1.82, 2.24) is 5.32 Å². The van der Waals surface area contributed by atoms with E-state index in [1.165, 1.54) is 18.0 Å². The number of nitrogens with zero attached hydrogens (tertiary/aromatic N) is 2. The van der Waals surface area contributed by atoms with Gasteiger partial charge in [0.15, 0.2) is 5.17 Å². The fourth-order valence-electron chi connectivity index (χ4n) is 2.48. The minimum atomic E-state index is -0.551. The molecule has 2 aromatic rings.